The number of rotatable bonds is 6. The summed E-state index contributed by atoms with van der Waals surface area (Å²) in [6.07, 6.45) is 8.17. The molecule has 9 nitrogen and oxygen atoms in total. The van der Waals surface area contributed by atoms with Crippen LogP contribution in [0, 0.1) is 0 Å². The monoisotopic (exact) mass is 402 g/mol. The number of ether oxygens (including phenoxy) is 1. The summed E-state index contributed by atoms with van der Waals surface area (Å²) >= 11 is 0. The quantitative estimate of drug-likeness (QED) is 0.760. The highest BCUT2D eigenvalue weighted by molar-refractivity contribution is 5.91. The summed E-state index contributed by atoms with van der Waals surface area (Å²) in [5, 5.41) is 12.1. The molecule has 2 fully saturated rings. The average Bonchev–Trinajstić information content (AvgIpc) is 3.33. The maximum Gasteiger partial charge on any atom is 0.337 e. The molecule has 2 aromatic rings. The molecule has 9 heteroatoms. The van der Waals surface area contributed by atoms with Crippen LogP contribution in [-0.2, 0) is 16.1 Å². The van der Waals surface area contributed by atoms with Gasteiger partial charge in [-0.05, 0) is 31.7 Å². The van der Waals surface area contributed by atoms with Gasteiger partial charge in [0.05, 0.1) is 17.2 Å². The number of aromatic nitrogens is 3. The standard InChI is InChI=1S/C20H26N4O5/c25-17(21-11-15-7-4-8-29-15)12-23-16-9-13(19(26)27)10-22-18(16)24(20(23)28)14-5-2-1-3-6-14/h9-10,14-15H,1-8,11-12H2,(H,21,25)(H,26,27)/t15-/m0/s1. The van der Waals surface area contributed by atoms with Crippen molar-refractivity contribution in [3.05, 3.63) is 28.3 Å². The number of fused-ring (bicyclic) bond motifs is 1. The highest BCUT2D eigenvalue weighted by Gasteiger charge is 2.25. The minimum absolute atomic E-state index is 0.00759. The van der Waals surface area contributed by atoms with Gasteiger partial charge in [0.25, 0.3) is 0 Å². The Morgan fingerprint density at radius 2 is 2.00 bits per heavy atom. The molecule has 1 saturated carbocycles. The Labute approximate surface area is 167 Å². The van der Waals surface area contributed by atoms with Crippen molar-refractivity contribution in [2.45, 2.75) is 63.6 Å². The summed E-state index contributed by atoms with van der Waals surface area (Å²) in [5.41, 5.74) is 0.507. The molecule has 29 heavy (non-hydrogen) atoms. The van der Waals surface area contributed by atoms with Crippen LogP contribution in [0.3, 0.4) is 0 Å². The van der Waals surface area contributed by atoms with Crippen LogP contribution in [0.25, 0.3) is 11.2 Å². The third-order valence-electron chi connectivity index (χ3n) is 5.84. The van der Waals surface area contributed by atoms with Crippen LogP contribution < -0.4 is 11.0 Å². The summed E-state index contributed by atoms with van der Waals surface area (Å²) in [4.78, 5) is 41.4. The lowest BCUT2D eigenvalue weighted by Gasteiger charge is -2.22. The molecule has 1 atom stereocenters. The topological polar surface area (TPSA) is 115 Å². The van der Waals surface area contributed by atoms with Gasteiger partial charge in [-0.25, -0.2) is 14.6 Å². The van der Waals surface area contributed by atoms with Crippen LogP contribution in [0.5, 0.6) is 0 Å². The van der Waals surface area contributed by atoms with Crippen LogP contribution in [-0.4, -0.2) is 50.4 Å². The number of aromatic carboxylic acids is 1. The van der Waals surface area contributed by atoms with Gasteiger partial charge in [0.1, 0.15) is 6.54 Å². The van der Waals surface area contributed by atoms with E-state index in [4.69, 9.17) is 4.74 Å². The Morgan fingerprint density at radius 1 is 1.21 bits per heavy atom. The molecule has 3 heterocycles. The summed E-state index contributed by atoms with van der Waals surface area (Å²) in [7, 11) is 0. The maximum absolute atomic E-state index is 13.2. The Hall–Kier alpha value is -2.68. The number of pyridine rings is 1. The molecule has 1 aliphatic carbocycles. The van der Waals surface area contributed by atoms with Crippen molar-refractivity contribution in [1.82, 2.24) is 19.4 Å². The van der Waals surface area contributed by atoms with Crippen molar-refractivity contribution in [3.63, 3.8) is 0 Å². The van der Waals surface area contributed by atoms with Gasteiger partial charge in [-0.3, -0.25) is 13.9 Å². The summed E-state index contributed by atoms with van der Waals surface area (Å²) in [5.74, 6) is -1.42. The molecule has 0 bridgehead atoms. The van der Waals surface area contributed by atoms with Crippen LogP contribution >= 0.6 is 0 Å². The SMILES string of the molecule is O=C(Cn1c(=O)n(C2CCCCC2)c2ncc(C(=O)O)cc21)NC[C@@H]1CCCO1. The van der Waals surface area contributed by atoms with E-state index >= 15 is 0 Å². The average molecular weight is 402 g/mol. The zero-order valence-electron chi connectivity index (χ0n) is 16.3. The highest BCUT2D eigenvalue weighted by Crippen LogP contribution is 2.29. The van der Waals surface area contributed by atoms with Gasteiger partial charge in [-0.2, -0.15) is 0 Å². The fourth-order valence-corrected chi connectivity index (χ4v) is 4.32. The van der Waals surface area contributed by atoms with Crippen LogP contribution in [0.1, 0.15) is 61.3 Å². The second-order valence-electron chi connectivity index (χ2n) is 7.84. The zero-order valence-corrected chi connectivity index (χ0v) is 16.3. The summed E-state index contributed by atoms with van der Waals surface area (Å²) in [6, 6.07) is 1.46. The van der Waals surface area contributed by atoms with Crippen molar-refractivity contribution in [2.24, 2.45) is 0 Å². The minimum Gasteiger partial charge on any atom is -0.478 e. The first kappa shape index (κ1) is 19.6. The van der Waals surface area contributed by atoms with E-state index in [2.05, 4.69) is 10.3 Å². The lowest BCUT2D eigenvalue weighted by atomic mass is 9.95. The van der Waals surface area contributed by atoms with E-state index < -0.39 is 5.97 Å². The number of nitrogens with zero attached hydrogens (tertiary/aromatic N) is 3. The normalized spacial score (nSPS) is 20.2. The number of carbonyl (C=O) groups is 2. The molecule has 0 unspecified atom stereocenters. The number of imidazole rings is 1. The van der Waals surface area contributed by atoms with E-state index in [1.54, 1.807) is 4.57 Å². The van der Waals surface area contributed by atoms with E-state index in [-0.39, 0.29) is 35.9 Å². The Kier molecular flexibility index (Phi) is 5.66. The second-order valence-corrected chi connectivity index (χ2v) is 7.84. The van der Waals surface area contributed by atoms with Crippen molar-refractivity contribution in [1.29, 1.82) is 0 Å². The number of amides is 1. The maximum atomic E-state index is 13.2. The molecule has 1 amide bonds. The molecule has 156 valence electrons. The van der Waals surface area contributed by atoms with Gasteiger partial charge in [0, 0.05) is 25.4 Å². The number of carboxylic acids is 1. The molecule has 2 aromatic heterocycles. The van der Waals surface area contributed by atoms with Crippen molar-refractivity contribution in [3.8, 4) is 0 Å². The summed E-state index contributed by atoms with van der Waals surface area (Å²) < 4.78 is 8.50. The third-order valence-corrected chi connectivity index (χ3v) is 5.84. The van der Waals surface area contributed by atoms with Crippen molar-refractivity contribution < 1.29 is 19.4 Å². The van der Waals surface area contributed by atoms with Crippen molar-refractivity contribution in [2.75, 3.05) is 13.2 Å². The Morgan fingerprint density at radius 3 is 2.69 bits per heavy atom. The van der Waals surface area contributed by atoms with Crippen LogP contribution in [0.2, 0.25) is 0 Å². The molecule has 0 spiro atoms. The van der Waals surface area contributed by atoms with E-state index in [1.807, 2.05) is 0 Å². The fourth-order valence-electron chi connectivity index (χ4n) is 4.32. The largest absolute Gasteiger partial charge is 0.478 e. The molecule has 0 aromatic carbocycles. The molecular formula is C20H26N4O5. The van der Waals surface area contributed by atoms with Gasteiger partial charge in [0.2, 0.25) is 5.91 Å². The fraction of sp³-hybridized carbons (Fsp3) is 0.600. The first-order chi connectivity index (χ1) is 14.0. The van der Waals surface area contributed by atoms with Gasteiger partial charge >= 0.3 is 11.7 Å². The lowest BCUT2D eigenvalue weighted by Crippen LogP contribution is -2.37. The predicted molar refractivity (Wildman–Crippen MR) is 105 cm³/mol. The number of carbonyl (C=O) groups excluding carboxylic acids is 1. The van der Waals surface area contributed by atoms with Gasteiger partial charge in [0.15, 0.2) is 5.65 Å². The van der Waals surface area contributed by atoms with Gasteiger partial charge < -0.3 is 15.2 Å². The number of nitrogens with one attached hydrogen (secondary N) is 1. The first-order valence-corrected chi connectivity index (χ1v) is 10.3. The first-order valence-electron chi connectivity index (χ1n) is 10.3. The van der Waals surface area contributed by atoms with E-state index in [1.165, 1.54) is 16.8 Å². The molecule has 0 radical (unpaired) electrons. The number of carboxylic acid groups (broad SMARTS) is 1. The van der Waals surface area contributed by atoms with Gasteiger partial charge in [-0.15, -0.1) is 0 Å². The molecule has 1 aliphatic heterocycles. The smallest absolute Gasteiger partial charge is 0.337 e. The predicted octanol–water partition coefficient (Wildman–Crippen LogP) is 1.70. The van der Waals surface area contributed by atoms with E-state index in [0.29, 0.717) is 24.3 Å². The highest BCUT2D eigenvalue weighted by atomic mass is 16.5. The number of hydrogen-bond acceptors (Lipinski definition) is 5. The van der Waals surface area contributed by atoms with Crippen LogP contribution in [0.4, 0.5) is 0 Å². The zero-order chi connectivity index (χ0) is 20.4. The summed E-state index contributed by atoms with van der Waals surface area (Å²) in [6.45, 7) is 0.943. The molecule has 1 saturated heterocycles. The minimum atomic E-state index is -1.12. The van der Waals surface area contributed by atoms with Gasteiger partial charge in [-0.1, -0.05) is 19.3 Å². The lowest BCUT2D eigenvalue weighted by molar-refractivity contribution is -0.122. The Balaban J connectivity index is 1.66. The number of hydrogen-bond donors (Lipinski definition) is 2. The van der Waals surface area contributed by atoms with E-state index in [9.17, 15) is 19.5 Å². The van der Waals surface area contributed by atoms with E-state index in [0.717, 1.165) is 44.9 Å². The molecule has 2 N–H and O–H groups in total. The third kappa shape index (κ3) is 4.05. The van der Waals surface area contributed by atoms with Crippen molar-refractivity contribution >= 4 is 23.0 Å². The molecule has 2 aliphatic rings. The van der Waals surface area contributed by atoms with Crippen LogP contribution in [0.15, 0.2) is 17.1 Å². The molecular weight excluding hydrogens is 376 g/mol. The second kappa shape index (κ2) is 8.36. The molecule has 4 rings (SSSR count). The Bertz CT molecular complexity index is 967.